The summed E-state index contributed by atoms with van der Waals surface area (Å²) in [6.45, 7) is 1.35. The summed E-state index contributed by atoms with van der Waals surface area (Å²) in [6, 6.07) is 0. The molecule has 0 spiro atoms. The molecule has 1 saturated heterocycles. The molecular formula is C6H12O6. The van der Waals surface area contributed by atoms with Crippen LogP contribution < -0.4 is 0 Å². The molecule has 4 atom stereocenters. The van der Waals surface area contributed by atoms with E-state index in [9.17, 15) is 0 Å². The summed E-state index contributed by atoms with van der Waals surface area (Å²) in [6.07, 6.45) is -5.82. The van der Waals surface area contributed by atoms with Gasteiger partial charge in [-0.1, -0.05) is 0 Å². The third-order valence-electron chi connectivity index (χ3n) is 1.90. The van der Waals surface area contributed by atoms with Crippen molar-refractivity contribution in [1.29, 1.82) is 0 Å². The van der Waals surface area contributed by atoms with Crippen LogP contribution in [0.3, 0.4) is 0 Å². The fraction of sp³-hybridized carbons (Fsp3) is 1.00. The van der Waals surface area contributed by atoms with Crippen molar-refractivity contribution in [3.63, 3.8) is 0 Å². The first-order valence-electron chi connectivity index (χ1n) is 3.53. The molecule has 0 radical (unpaired) electrons. The van der Waals surface area contributed by atoms with E-state index in [4.69, 9.17) is 25.5 Å². The molecule has 1 aliphatic heterocycles. The molecule has 0 aromatic heterocycles. The van der Waals surface area contributed by atoms with Gasteiger partial charge in [-0.15, -0.1) is 0 Å². The number of aliphatic hydroxyl groups excluding tert-OH is 3. The molecule has 5 N–H and O–H groups in total. The van der Waals surface area contributed by atoms with E-state index < -0.39 is 30.4 Å². The van der Waals surface area contributed by atoms with E-state index >= 15 is 0 Å². The van der Waals surface area contributed by atoms with Gasteiger partial charge in [-0.2, -0.15) is 0 Å². The largest absolute Gasteiger partial charge is 0.388 e. The molecule has 0 aliphatic carbocycles. The summed E-state index contributed by atoms with van der Waals surface area (Å²) in [5.74, 6) is -2.79. The zero-order valence-electron chi connectivity index (χ0n) is 6.45. The molecule has 0 bridgehead atoms. The Bertz CT molecular complexity index is 169. The average molecular weight is 180 g/mol. The standard InChI is InChI=1S/C6H12O6/c1-2-3(7)4(8)5(9)6(10,11)12-2/h2-5,7-11H,1H3/t2?,3-,4?,5+/m1/s1. The van der Waals surface area contributed by atoms with E-state index in [1.165, 1.54) is 6.92 Å². The number of rotatable bonds is 0. The fourth-order valence-electron chi connectivity index (χ4n) is 1.10. The highest BCUT2D eigenvalue weighted by Gasteiger charge is 2.50. The smallest absolute Gasteiger partial charge is 0.308 e. The second-order valence-electron chi connectivity index (χ2n) is 2.91. The van der Waals surface area contributed by atoms with E-state index in [2.05, 4.69) is 4.74 Å². The van der Waals surface area contributed by atoms with Gasteiger partial charge >= 0.3 is 5.97 Å². The quantitative estimate of drug-likeness (QED) is 0.256. The predicted octanol–water partition coefficient (Wildman–Crippen LogP) is -2.87. The van der Waals surface area contributed by atoms with Crippen molar-refractivity contribution in [3.8, 4) is 0 Å². The fourth-order valence-corrected chi connectivity index (χ4v) is 1.10. The minimum atomic E-state index is -2.79. The molecule has 12 heavy (non-hydrogen) atoms. The molecule has 0 amide bonds. The lowest BCUT2D eigenvalue weighted by molar-refractivity contribution is -0.431. The summed E-state index contributed by atoms with van der Waals surface area (Å²) in [4.78, 5) is 0. The Morgan fingerprint density at radius 2 is 1.58 bits per heavy atom. The van der Waals surface area contributed by atoms with E-state index in [1.54, 1.807) is 0 Å². The summed E-state index contributed by atoms with van der Waals surface area (Å²) >= 11 is 0. The maximum Gasteiger partial charge on any atom is 0.308 e. The second-order valence-corrected chi connectivity index (χ2v) is 2.91. The Hall–Kier alpha value is -0.240. The van der Waals surface area contributed by atoms with Gasteiger partial charge in [0.1, 0.15) is 12.2 Å². The Morgan fingerprint density at radius 3 is 2.08 bits per heavy atom. The van der Waals surface area contributed by atoms with Crippen LogP contribution >= 0.6 is 0 Å². The first kappa shape index (κ1) is 9.85. The lowest BCUT2D eigenvalue weighted by Gasteiger charge is -2.41. The van der Waals surface area contributed by atoms with Gasteiger partial charge in [0.25, 0.3) is 0 Å². The molecule has 2 unspecified atom stereocenters. The molecule has 6 heteroatoms. The van der Waals surface area contributed by atoms with E-state index in [1.807, 2.05) is 0 Å². The highest BCUT2D eigenvalue weighted by molar-refractivity contribution is 4.89. The van der Waals surface area contributed by atoms with Crippen LogP contribution in [0.2, 0.25) is 0 Å². The van der Waals surface area contributed by atoms with Crippen molar-refractivity contribution in [2.75, 3.05) is 0 Å². The predicted molar refractivity (Wildman–Crippen MR) is 35.7 cm³/mol. The Labute approximate surface area is 68.6 Å². The van der Waals surface area contributed by atoms with Crippen LogP contribution in [0.4, 0.5) is 0 Å². The number of hydrogen-bond donors (Lipinski definition) is 5. The van der Waals surface area contributed by atoms with Gasteiger partial charge in [0, 0.05) is 0 Å². The molecule has 0 aromatic rings. The summed E-state index contributed by atoms with van der Waals surface area (Å²) in [5.41, 5.74) is 0. The van der Waals surface area contributed by atoms with Crippen LogP contribution in [0, 0.1) is 0 Å². The molecule has 0 aromatic carbocycles. The first-order chi connectivity index (χ1) is 5.36. The third kappa shape index (κ3) is 1.45. The maximum atomic E-state index is 9.09. The Balaban J connectivity index is 2.78. The van der Waals surface area contributed by atoms with Crippen molar-refractivity contribution in [1.82, 2.24) is 0 Å². The van der Waals surface area contributed by atoms with Crippen molar-refractivity contribution in [2.45, 2.75) is 37.3 Å². The highest BCUT2D eigenvalue weighted by Crippen LogP contribution is 2.25. The van der Waals surface area contributed by atoms with Gasteiger partial charge in [0.05, 0.1) is 6.10 Å². The monoisotopic (exact) mass is 180 g/mol. The SMILES string of the molecule is CC1OC(O)(O)[C@@H](O)C(O)[C@@H]1O. The van der Waals surface area contributed by atoms with Crippen LogP contribution in [0.5, 0.6) is 0 Å². The molecule has 6 nitrogen and oxygen atoms in total. The van der Waals surface area contributed by atoms with Gasteiger partial charge < -0.3 is 30.3 Å². The van der Waals surface area contributed by atoms with E-state index in [0.29, 0.717) is 0 Å². The van der Waals surface area contributed by atoms with Crippen molar-refractivity contribution in [3.05, 3.63) is 0 Å². The average Bonchev–Trinajstić information content (AvgIpc) is 1.97. The zero-order chi connectivity index (χ0) is 9.52. The molecule has 1 fully saturated rings. The molecule has 1 aliphatic rings. The number of aliphatic hydroxyl groups is 5. The van der Waals surface area contributed by atoms with Gasteiger partial charge in [-0.3, -0.25) is 0 Å². The molecule has 1 heterocycles. The summed E-state index contributed by atoms with van der Waals surface area (Å²) in [7, 11) is 0. The van der Waals surface area contributed by atoms with E-state index in [-0.39, 0.29) is 0 Å². The van der Waals surface area contributed by atoms with Crippen LogP contribution in [0.15, 0.2) is 0 Å². The normalized spacial score (nSPS) is 47.5. The summed E-state index contributed by atoms with van der Waals surface area (Å²) in [5, 5.41) is 44.9. The lowest BCUT2D eigenvalue weighted by Crippen LogP contribution is -2.63. The van der Waals surface area contributed by atoms with Crippen molar-refractivity contribution in [2.24, 2.45) is 0 Å². The third-order valence-corrected chi connectivity index (χ3v) is 1.90. The highest BCUT2D eigenvalue weighted by atomic mass is 16.8. The van der Waals surface area contributed by atoms with E-state index in [0.717, 1.165) is 0 Å². The molecule has 72 valence electrons. The lowest BCUT2D eigenvalue weighted by atomic mass is 9.99. The number of hydrogen-bond acceptors (Lipinski definition) is 6. The van der Waals surface area contributed by atoms with Crippen molar-refractivity contribution < 1.29 is 30.3 Å². The van der Waals surface area contributed by atoms with Crippen LogP contribution in [-0.2, 0) is 4.74 Å². The molecule has 1 rings (SSSR count). The van der Waals surface area contributed by atoms with Gasteiger partial charge in [0.15, 0.2) is 6.10 Å². The van der Waals surface area contributed by atoms with Crippen LogP contribution in [-0.4, -0.2) is 55.9 Å². The van der Waals surface area contributed by atoms with Gasteiger partial charge in [-0.25, -0.2) is 0 Å². The maximum absolute atomic E-state index is 9.09. The van der Waals surface area contributed by atoms with Crippen molar-refractivity contribution >= 4 is 0 Å². The second kappa shape index (κ2) is 2.91. The number of ether oxygens (including phenoxy) is 1. The first-order valence-corrected chi connectivity index (χ1v) is 3.53. The van der Waals surface area contributed by atoms with Gasteiger partial charge in [0.2, 0.25) is 0 Å². The minimum Gasteiger partial charge on any atom is -0.388 e. The molecular weight excluding hydrogens is 168 g/mol. The van der Waals surface area contributed by atoms with Gasteiger partial charge in [-0.05, 0) is 6.92 Å². The summed E-state index contributed by atoms with van der Waals surface area (Å²) < 4.78 is 4.42. The Morgan fingerprint density at radius 1 is 1.08 bits per heavy atom. The molecule has 0 saturated carbocycles. The topological polar surface area (TPSA) is 110 Å². The minimum absolute atomic E-state index is 0.946. The van der Waals surface area contributed by atoms with Crippen LogP contribution in [0.1, 0.15) is 6.92 Å². The zero-order valence-corrected chi connectivity index (χ0v) is 6.45. The Kier molecular flexibility index (Phi) is 2.39. The van der Waals surface area contributed by atoms with Crippen LogP contribution in [0.25, 0.3) is 0 Å².